The molecule has 0 saturated heterocycles. The van der Waals surface area contributed by atoms with Crippen LogP contribution in [0, 0.1) is 11.3 Å². The van der Waals surface area contributed by atoms with E-state index in [-0.39, 0.29) is 16.9 Å². The number of carbonyl (C=O) groups excluding carboxylic acids is 1. The normalized spacial score (nSPS) is 10.4. The highest BCUT2D eigenvalue weighted by atomic mass is 16.5. The summed E-state index contributed by atoms with van der Waals surface area (Å²) in [5.74, 6) is 0.209. The maximum Gasteiger partial charge on any atom is 0.357 e. The van der Waals surface area contributed by atoms with Crippen LogP contribution in [0.1, 0.15) is 23.0 Å². The van der Waals surface area contributed by atoms with Gasteiger partial charge in [0, 0.05) is 11.9 Å². The zero-order valence-corrected chi connectivity index (χ0v) is 13.9. The smallest absolute Gasteiger partial charge is 0.357 e. The maximum atomic E-state index is 12.1. The summed E-state index contributed by atoms with van der Waals surface area (Å²) in [6.07, 6.45) is 1.54. The summed E-state index contributed by atoms with van der Waals surface area (Å²) in [7, 11) is 1.28. The van der Waals surface area contributed by atoms with Crippen LogP contribution >= 0.6 is 0 Å². The van der Waals surface area contributed by atoms with E-state index in [0.29, 0.717) is 12.3 Å². The van der Waals surface area contributed by atoms with Crippen molar-refractivity contribution >= 4 is 22.4 Å². The standard InChI is InChI=1S/C19H17N3O3/c1-3-25-16-7-5-12-8-15(6-4-13(12)9-16)22-11-14(10-20)17(21)18(22)19(23)24-2/h4-9,11H,3,21H2,1-2H3. The topological polar surface area (TPSA) is 90.3 Å². The predicted octanol–water partition coefficient (Wildman–Crippen LogP) is 3.27. The van der Waals surface area contributed by atoms with Gasteiger partial charge in [-0.05, 0) is 42.0 Å². The monoisotopic (exact) mass is 335 g/mol. The number of anilines is 1. The molecule has 0 fully saturated rings. The molecule has 1 aromatic heterocycles. The van der Waals surface area contributed by atoms with Crippen LogP contribution in [0.15, 0.2) is 42.6 Å². The lowest BCUT2D eigenvalue weighted by molar-refractivity contribution is 0.0593. The Labute approximate surface area is 145 Å². The van der Waals surface area contributed by atoms with Crippen molar-refractivity contribution < 1.29 is 14.3 Å². The van der Waals surface area contributed by atoms with Gasteiger partial charge in [0.15, 0.2) is 5.69 Å². The van der Waals surface area contributed by atoms with Crippen molar-refractivity contribution in [2.24, 2.45) is 0 Å². The summed E-state index contributed by atoms with van der Waals surface area (Å²) >= 11 is 0. The van der Waals surface area contributed by atoms with Crippen LogP contribution in [0.4, 0.5) is 5.69 Å². The molecule has 0 aliphatic rings. The lowest BCUT2D eigenvalue weighted by Crippen LogP contribution is -2.11. The highest BCUT2D eigenvalue weighted by Crippen LogP contribution is 2.28. The zero-order chi connectivity index (χ0) is 18.0. The second kappa shape index (κ2) is 6.57. The Morgan fingerprint density at radius 2 is 1.96 bits per heavy atom. The van der Waals surface area contributed by atoms with Crippen molar-refractivity contribution in [3.8, 4) is 17.5 Å². The molecule has 2 N–H and O–H groups in total. The molecule has 0 radical (unpaired) electrons. The van der Waals surface area contributed by atoms with Crippen LogP contribution < -0.4 is 10.5 Å². The fourth-order valence-corrected chi connectivity index (χ4v) is 2.74. The number of benzene rings is 2. The molecule has 126 valence electrons. The minimum Gasteiger partial charge on any atom is -0.494 e. The van der Waals surface area contributed by atoms with Crippen LogP contribution in [0.25, 0.3) is 16.5 Å². The van der Waals surface area contributed by atoms with Crippen molar-refractivity contribution in [3.05, 3.63) is 53.9 Å². The van der Waals surface area contributed by atoms with Crippen molar-refractivity contribution in [2.75, 3.05) is 19.5 Å². The molecule has 1 heterocycles. The first-order valence-corrected chi connectivity index (χ1v) is 7.75. The van der Waals surface area contributed by atoms with E-state index in [0.717, 1.165) is 16.5 Å². The molecule has 0 aliphatic carbocycles. The molecule has 0 amide bonds. The van der Waals surface area contributed by atoms with Crippen LogP contribution in [-0.2, 0) is 4.74 Å². The van der Waals surface area contributed by atoms with Gasteiger partial charge in [0.1, 0.15) is 11.8 Å². The van der Waals surface area contributed by atoms with E-state index in [1.165, 1.54) is 13.3 Å². The van der Waals surface area contributed by atoms with E-state index in [4.69, 9.17) is 15.2 Å². The Kier molecular flexibility index (Phi) is 4.31. The molecule has 3 aromatic rings. The van der Waals surface area contributed by atoms with Gasteiger partial charge in [0.25, 0.3) is 0 Å². The van der Waals surface area contributed by atoms with Crippen molar-refractivity contribution in [3.63, 3.8) is 0 Å². The molecule has 3 rings (SSSR count). The number of aromatic nitrogens is 1. The average molecular weight is 335 g/mol. The van der Waals surface area contributed by atoms with Gasteiger partial charge in [-0.1, -0.05) is 12.1 Å². The lowest BCUT2D eigenvalue weighted by Gasteiger charge is -2.10. The van der Waals surface area contributed by atoms with Crippen molar-refractivity contribution in [1.29, 1.82) is 5.26 Å². The van der Waals surface area contributed by atoms with E-state index < -0.39 is 5.97 Å². The van der Waals surface area contributed by atoms with E-state index >= 15 is 0 Å². The molecule has 0 atom stereocenters. The zero-order valence-electron chi connectivity index (χ0n) is 13.9. The molecule has 25 heavy (non-hydrogen) atoms. The van der Waals surface area contributed by atoms with Gasteiger partial charge < -0.3 is 19.8 Å². The highest BCUT2D eigenvalue weighted by molar-refractivity contribution is 5.96. The largest absolute Gasteiger partial charge is 0.494 e. The van der Waals surface area contributed by atoms with Crippen molar-refractivity contribution in [2.45, 2.75) is 6.92 Å². The molecule has 0 spiro atoms. The van der Waals surface area contributed by atoms with E-state index in [2.05, 4.69) is 0 Å². The van der Waals surface area contributed by atoms with Gasteiger partial charge in [0.05, 0.1) is 25.0 Å². The number of methoxy groups -OCH3 is 1. The molecule has 6 nitrogen and oxygen atoms in total. The Bertz CT molecular complexity index is 999. The molecular weight excluding hydrogens is 318 g/mol. The van der Waals surface area contributed by atoms with Gasteiger partial charge in [-0.15, -0.1) is 0 Å². The minimum atomic E-state index is -0.592. The number of nitrogens with zero attached hydrogens (tertiary/aromatic N) is 2. The number of ether oxygens (including phenoxy) is 2. The van der Waals surface area contributed by atoms with Gasteiger partial charge in [-0.3, -0.25) is 0 Å². The number of nitriles is 1. The second-order valence-corrected chi connectivity index (χ2v) is 5.40. The Balaban J connectivity index is 2.15. The van der Waals surface area contributed by atoms with Gasteiger partial charge in [-0.25, -0.2) is 4.79 Å². The third-order valence-corrected chi connectivity index (χ3v) is 3.93. The quantitative estimate of drug-likeness (QED) is 0.739. The van der Waals surface area contributed by atoms with Crippen LogP contribution in [0.3, 0.4) is 0 Å². The molecule has 0 aliphatic heterocycles. The molecule has 0 bridgehead atoms. The maximum absolute atomic E-state index is 12.1. The number of nitrogen functional groups attached to an aromatic ring is 1. The number of rotatable bonds is 4. The lowest BCUT2D eigenvalue weighted by atomic mass is 10.1. The SMILES string of the molecule is CCOc1ccc2cc(-n3cc(C#N)c(N)c3C(=O)OC)ccc2c1. The number of hydrogen-bond acceptors (Lipinski definition) is 5. The number of carbonyl (C=O) groups is 1. The summed E-state index contributed by atoms with van der Waals surface area (Å²) in [5.41, 5.74) is 7.13. The van der Waals surface area contributed by atoms with Crippen LogP contribution in [-0.4, -0.2) is 24.3 Å². The number of hydrogen-bond donors (Lipinski definition) is 1. The highest BCUT2D eigenvalue weighted by Gasteiger charge is 2.21. The van der Waals surface area contributed by atoms with Crippen LogP contribution in [0.5, 0.6) is 5.75 Å². The van der Waals surface area contributed by atoms with E-state index in [9.17, 15) is 10.1 Å². The van der Waals surface area contributed by atoms with Gasteiger partial charge in [0.2, 0.25) is 0 Å². The Hall–Kier alpha value is -3.46. The molecule has 6 heteroatoms. The average Bonchev–Trinajstić information content (AvgIpc) is 2.97. The van der Waals surface area contributed by atoms with E-state index in [1.807, 2.05) is 49.4 Å². The summed E-state index contributed by atoms with van der Waals surface area (Å²) in [6.45, 7) is 2.54. The first kappa shape index (κ1) is 16.4. The summed E-state index contributed by atoms with van der Waals surface area (Å²) in [6, 6.07) is 13.5. The fourth-order valence-electron chi connectivity index (χ4n) is 2.74. The second-order valence-electron chi connectivity index (χ2n) is 5.40. The van der Waals surface area contributed by atoms with E-state index in [1.54, 1.807) is 4.57 Å². The van der Waals surface area contributed by atoms with Crippen LogP contribution in [0.2, 0.25) is 0 Å². The molecule has 0 unspecified atom stereocenters. The first-order valence-electron chi connectivity index (χ1n) is 7.75. The predicted molar refractivity (Wildman–Crippen MR) is 94.9 cm³/mol. The fraction of sp³-hybridized carbons (Fsp3) is 0.158. The number of fused-ring (bicyclic) bond motifs is 1. The Morgan fingerprint density at radius 1 is 1.24 bits per heavy atom. The Morgan fingerprint density at radius 3 is 2.64 bits per heavy atom. The molecular formula is C19H17N3O3. The first-order chi connectivity index (χ1) is 12.1. The van der Waals surface area contributed by atoms with Gasteiger partial charge in [-0.2, -0.15) is 5.26 Å². The third kappa shape index (κ3) is 2.88. The number of esters is 1. The molecule has 0 saturated carbocycles. The van der Waals surface area contributed by atoms with Crippen molar-refractivity contribution in [1.82, 2.24) is 4.57 Å². The summed E-state index contributed by atoms with van der Waals surface area (Å²) in [4.78, 5) is 12.1. The number of nitrogens with two attached hydrogens (primary N) is 1. The summed E-state index contributed by atoms with van der Waals surface area (Å²) in [5, 5.41) is 11.2. The van der Waals surface area contributed by atoms with Gasteiger partial charge >= 0.3 is 5.97 Å². The summed E-state index contributed by atoms with van der Waals surface area (Å²) < 4.78 is 11.9. The minimum absolute atomic E-state index is 0.112. The molecule has 2 aromatic carbocycles. The third-order valence-electron chi connectivity index (χ3n) is 3.93.